The third-order valence-corrected chi connectivity index (χ3v) is 3.79. The molecule has 0 atom stereocenters. The van der Waals surface area contributed by atoms with E-state index in [2.05, 4.69) is 10.1 Å². The lowest BCUT2D eigenvalue weighted by Crippen LogP contribution is -2.44. The molecule has 0 spiro atoms. The first-order valence-corrected chi connectivity index (χ1v) is 7.02. The van der Waals surface area contributed by atoms with E-state index in [0.717, 1.165) is 19.3 Å². The van der Waals surface area contributed by atoms with Gasteiger partial charge in [-0.25, -0.2) is 0 Å². The van der Waals surface area contributed by atoms with Crippen molar-refractivity contribution in [3.63, 3.8) is 0 Å². The molecule has 2 aromatic rings. The summed E-state index contributed by atoms with van der Waals surface area (Å²) in [4.78, 5) is 4.27. The molecule has 1 aromatic carbocycles. The van der Waals surface area contributed by atoms with Crippen molar-refractivity contribution in [1.29, 1.82) is 0 Å². The lowest BCUT2D eigenvalue weighted by atomic mass is 9.77. The molecule has 1 saturated carbocycles. The number of nitrogens with zero attached hydrogens (tertiary/aromatic N) is 2. The summed E-state index contributed by atoms with van der Waals surface area (Å²) in [6.07, 6.45) is 2.87. The summed E-state index contributed by atoms with van der Waals surface area (Å²) in [5.41, 5.74) is 5.69. The van der Waals surface area contributed by atoms with Gasteiger partial charge in [-0.2, -0.15) is 4.98 Å². The Morgan fingerprint density at radius 1 is 1.25 bits per heavy atom. The molecule has 0 saturated heterocycles. The van der Waals surface area contributed by atoms with Crippen LogP contribution >= 0.6 is 23.2 Å². The monoisotopic (exact) mass is 313 g/mol. The van der Waals surface area contributed by atoms with Crippen LogP contribution in [0.4, 0.5) is 0 Å². The van der Waals surface area contributed by atoms with E-state index in [9.17, 15) is 0 Å². The van der Waals surface area contributed by atoms with Crippen LogP contribution in [0.2, 0.25) is 10.0 Å². The lowest BCUT2D eigenvalue weighted by molar-refractivity contribution is 0.223. The van der Waals surface area contributed by atoms with Crippen molar-refractivity contribution in [1.82, 2.24) is 10.1 Å². The fourth-order valence-electron chi connectivity index (χ4n) is 2.05. The number of halogens is 2. The second-order valence-electron chi connectivity index (χ2n) is 4.92. The van der Waals surface area contributed by atoms with Crippen molar-refractivity contribution in [2.24, 2.45) is 5.73 Å². The molecule has 1 aliphatic rings. The largest absolute Gasteiger partial charge is 0.484 e. The smallest absolute Gasteiger partial charge is 0.264 e. The summed E-state index contributed by atoms with van der Waals surface area (Å²) in [5, 5.41) is 4.93. The van der Waals surface area contributed by atoms with Crippen molar-refractivity contribution < 1.29 is 9.26 Å². The second-order valence-corrected chi connectivity index (χ2v) is 5.79. The van der Waals surface area contributed by atoms with Gasteiger partial charge in [0.05, 0.1) is 5.54 Å². The molecule has 7 heteroatoms. The molecule has 2 N–H and O–H groups in total. The fourth-order valence-corrected chi connectivity index (χ4v) is 2.56. The SMILES string of the molecule is NC1(c2noc(COc3cc(Cl)cc(Cl)c3)n2)CCC1. The van der Waals surface area contributed by atoms with Crippen LogP contribution in [0, 0.1) is 0 Å². The third-order valence-electron chi connectivity index (χ3n) is 3.36. The zero-order chi connectivity index (χ0) is 14.2. The molecule has 1 fully saturated rings. The van der Waals surface area contributed by atoms with E-state index in [1.165, 1.54) is 0 Å². The number of nitrogens with two attached hydrogens (primary N) is 1. The molecular weight excluding hydrogens is 301 g/mol. The van der Waals surface area contributed by atoms with Crippen LogP contribution in [0.1, 0.15) is 31.0 Å². The van der Waals surface area contributed by atoms with Crippen molar-refractivity contribution >= 4 is 23.2 Å². The van der Waals surface area contributed by atoms with Crippen LogP contribution in [-0.4, -0.2) is 10.1 Å². The normalized spacial score (nSPS) is 16.8. The average molecular weight is 314 g/mol. The highest BCUT2D eigenvalue weighted by Crippen LogP contribution is 2.36. The van der Waals surface area contributed by atoms with Gasteiger partial charge in [0.2, 0.25) is 0 Å². The summed E-state index contributed by atoms with van der Waals surface area (Å²) in [6.45, 7) is 0.153. The van der Waals surface area contributed by atoms with Gasteiger partial charge in [0.1, 0.15) is 5.75 Å². The molecule has 106 valence electrons. The van der Waals surface area contributed by atoms with Crippen molar-refractivity contribution in [3.8, 4) is 5.75 Å². The van der Waals surface area contributed by atoms with Crippen LogP contribution in [0.25, 0.3) is 0 Å². The zero-order valence-electron chi connectivity index (χ0n) is 10.6. The number of rotatable bonds is 4. The number of aromatic nitrogens is 2. The zero-order valence-corrected chi connectivity index (χ0v) is 12.1. The lowest BCUT2D eigenvalue weighted by Gasteiger charge is -2.34. The molecule has 5 nitrogen and oxygen atoms in total. The van der Waals surface area contributed by atoms with Crippen LogP contribution in [0.5, 0.6) is 5.75 Å². The third kappa shape index (κ3) is 2.75. The minimum atomic E-state index is -0.429. The minimum absolute atomic E-state index is 0.153. The Hall–Kier alpha value is -1.30. The Bertz CT molecular complexity index is 606. The first kappa shape index (κ1) is 13.7. The van der Waals surface area contributed by atoms with Gasteiger partial charge in [-0.3, -0.25) is 0 Å². The fraction of sp³-hybridized carbons (Fsp3) is 0.385. The van der Waals surface area contributed by atoms with Crippen molar-refractivity contribution in [2.45, 2.75) is 31.4 Å². The summed E-state index contributed by atoms with van der Waals surface area (Å²) in [7, 11) is 0. The predicted molar refractivity (Wildman–Crippen MR) is 74.8 cm³/mol. The van der Waals surface area contributed by atoms with Gasteiger partial charge >= 0.3 is 0 Å². The highest BCUT2D eigenvalue weighted by Gasteiger charge is 2.38. The van der Waals surface area contributed by atoms with Crippen LogP contribution < -0.4 is 10.5 Å². The summed E-state index contributed by atoms with van der Waals surface area (Å²) in [5.74, 6) is 1.48. The molecule has 1 aliphatic carbocycles. The molecule has 0 bridgehead atoms. The number of benzene rings is 1. The van der Waals surface area contributed by atoms with Gasteiger partial charge < -0.3 is 15.0 Å². The van der Waals surface area contributed by atoms with Gasteiger partial charge in [-0.05, 0) is 37.5 Å². The highest BCUT2D eigenvalue weighted by atomic mass is 35.5. The molecule has 0 aliphatic heterocycles. The molecular formula is C13H13Cl2N3O2. The van der Waals surface area contributed by atoms with Crippen LogP contribution in [0.15, 0.2) is 22.7 Å². The predicted octanol–water partition coefficient (Wildman–Crippen LogP) is 3.29. The van der Waals surface area contributed by atoms with E-state index in [4.69, 9.17) is 38.2 Å². The molecule has 0 amide bonds. The maximum atomic E-state index is 6.12. The molecule has 1 heterocycles. The van der Waals surface area contributed by atoms with E-state index >= 15 is 0 Å². The standard InChI is InChI=1S/C13H13Cl2N3O2/c14-8-4-9(15)6-10(5-8)19-7-11-17-12(18-20-11)13(16)2-1-3-13/h4-6H,1-3,7,16H2. The first-order chi connectivity index (χ1) is 9.55. The van der Waals surface area contributed by atoms with E-state index in [1.807, 2.05) is 0 Å². The second kappa shape index (κ2) is 5.24. The van der Waals surface area contributed by atoms with Gasteiger partial charge in [-0.1, -0.05) is 28.4 Å². The first-order valence-electron chi connectivity index (χ1n) is 6.26. The number of hydrogen-bond donors (Lipinski definition) is 1. The van der Waals surface area contributed by atoms with Crippen LogP contribution in [-0.2, 0) is 12.1 Å². The number of hydrogen-bond acceptors (Lipinski definition) is 5. The average Bonchev–Trinajstić information content (AvgIpc) is 2.81. The number of ether oxygens (including phenoxy) is 1. The van der Waals surface area contributed by atoms with E-state index in [1.54, 1.807) is 18.2 Å². The minimum Gasteiger partial charge on any atom is -0.484 e. The van der Waals surface area contributed by atoms with Crippen molar-refractivity contribution in [2.75, 3.05) is 0 Å². The molecule has 0 radical (unpaired) electrons. The molecule has 20 heavy (non-hydrogen) atoms. The van der Waals surface area contributed by atoms with Crippen LogP contribution in [0.3, 0.4) is 0 Å². The van der Waals surface area contributed by atoms with E-state index < -0.39 is 5.54 Å². The summed E-state index contributed by atoms with van der Waals surface area (Å²) < 4.78 is 10.7. The molecule has 1 aromatic heterocycles. The highest BCUT2D eigenvalue weighted by molar-refractivity contribution is 6.34. The van der Waals surface area contributed by atoms with Gasteiger partial charge in [0, 0.05) is 10.0 Å². The van der Waals surface area contributed by atoms with E-state index in [0.29, 0.717) is 27.5 Å². The Kier molecular flexibility index (Phi) is 3.58. The van der Waals surface area contributed by atoms with Gasteiger partial charge in [-0.15, -0.1) is 0 Å². The Balaban J connectivity index is 1.66. The molecule has 3 rings (SSSR count). The Labute approximate surface area is 126 Å². The maximum absolute atomic E-state index is 6.12. The summed E-state index contributed by atoms with van der Waals surface area (Å²) >= 11 is 11.8. The Morgan fingerprint density at radius 2 is 1.95 bits per heavy atom. The van der Waals surface area contributed by atoms with Crippen molar-refractivity contribution in [3.05, 3.63) is 40.0 Å². The Morgan fingerprint density at radius 3 is 2.55 bits per heavy atom. The summed E-state index contributed by atoms with van der Waals surface area (Å²) in [6, 6.07) is 4.97. The maximum Gasteiger partial charge on any atom is 0.264 e. The van der Waals surface area contributed by atoms with E-state index in [-0.39, 0.29) is 6.61 Å². The van der Waals surface area contributed by atoms with Gasteiger partial charge in [0.15, 0.2) is 12.4 Å². The molecule has 0 unspecified atom stereocenters. The van der Waals surface area contributed by atoms with Gasteiger partial charge in [0.25, 0.3) is 5.89 Å². The topological polar surface area (TPSA) is 74.2 Å². The quantitative estimate of drug-likeness (QED) is 0.937.